The first-order chi connectivity index (χ1) is 10.5. The van der Waals surface area contributed by atoms with Crippen LogP contribution in [0.5, 0.6) is 0 Å². The van der Waals surface area contributed by atoms with Gasteiger partial charge in [-0.25, -0.2) is 0 Å². The summed E-state index contributed by atoms with van der Waals surface area (Å²) in [5.74, 6) is -0.855. The Labute approximate surface area is 131 Å². The predicted octanol–water partition coefficient (Wildman–Crippen LogP) is 4.29. The molecule has 0 unspecified atom stereocenters. The van der Waals surface area contributed by atoms with Crippen molar-refractivity contribution in [1.82, 2.24) is 0 Å². The first-order valence-corrected chi connectivity index (χ1v) is 6.85. The second-order valence-electron chi connectivity index (χ2n) is 4.14. The van der Waals surface area contributed by atoms with Crippen LogP contribution in [0.25, 0.3) is 0 Å². The highest BCUT2D eigenvalue weighted by Gasteiger charge is 2.39. The number of esters is 1. The molecule has 1 aromatic rings. The molecule has 0 heterocycles. The lowest BCUT2D eigenvalue weighted by Gasteiger charge is -2.16. The topological polar surface area (TPSA) is 50.1 Å². The van der Waals surface area contributed by atoms with E-state index in [0.29, 0.717) is 12.1 Å². The molecule has 0 aliphatic rings. The number of carbonyl (C=O) groups excluding carboxylic acids is 1. The van der Waals surface area contributed by atoms with E-state index in [1.165, 1.54) is 13.0 Å². The monoisotopic (exact) mass is 357 g/mol. The summed E-state index contributed by atoms with van der Waals surface area (Å²) >= 11 is -0.953. The van der Waals surface area contributed by atoms with Gasteiger partial charge in [0, 0.05) is 4.90 Å². The molecule has 0 aliphatic heterocycles. The highest BCUT2D eigenvalue weighted by atomic mass is 32.2. The van der Waals surface area contributed by atoms with E-state index in [-0.39, 0.29) is 12.2 Å². The van der Waals surface area contributed by atoms with Crippen molar-refractivity contribution in [2.45, 2.75) is 29.9 Å². The van der Waals surface area contributed by atoms with Crippen LogP contribution in [-0.2, 0) is 22.1 Å². The molecule has 0 saturated carbocycles. The lowest BCUT2D eigenvalue weighted by atomic mass is 10.0. The van der Waals surface area contributed by atoms with E-state index in [9.17, 15) is 31.1 Å². The minimum Gasteiger partial charge on any atom is -0.466 e. The van der Waals surface area contributed by atoms with E-state index in [0.717, 1.165) is 0 Å². The van der Waals surface area contributed by atoms with Crippen LogP contribution < -0.4 is 0 Å². The fourth-order valence-corrected chi connectivity index (χ4v) is 2.41. The summed E-state index contributed by atoms with van der Waals surface area (Å²) in [5.41, 5.74) is -7.32. The van der Waals surface area contributed by atoms with Crippen LogP contribution in [0.1, 0.15) is 23.6 Å². The van der Waals surface area contributed by atoms with Crippen LogP contribution in [-0.4, -0.2) is 18.1 Å². The predicted molar refractivity (Wildman–Crippen MR) is 68.4 cm³/mol. The molecular weight excluding hydrogens is 348 g/mol. The molecule has 0 bridgehead atoms. The molecule has 0 aliphatic carbocycles. The van der Waals surface area contributed by atoms with Gasteiger partial charge in [0.1, 0.15) is 0 Å². The highest BCUT2D eigenvalue weighted by Crippen LogP contribution is 2.44. The molecule has 0 fully saturated rings. The number of alkyl halides is 6. The van der Waals surface area contributed by atoms with Crippen molar-refractivity contribution in [3.63, 3.8) is 0 Å². The normalized spacial score (nSPS) is 11.9. The van der Waals surface area contributed by atoms with E-state index in [1.807, 2.05) is 0 Å². The first-order valence-electron chi connectivity index (χ1n) is 6.03. The molecule has 23 heavy (non-hydrogen) atoms. The molecular formula is C13H9F6NO2S. The second kappa shape index (κ2) is 7.12. The summed E-state index contributed by atoms with van der Waals surface area (Å²) in [5, 5.41) is 8.88. The van der Waals surface area contributed by atoms with E-state index in [1.54, 1.807) is 0 Å². The van der Waals surface area contributed by atoms with Crippen LogP contribution >= 0.6 is 11.8 Å². The van der Waals surface area contributed by atoms with Crippen molar-refractivity contribution in [3.8, 4) is 6.07 Å². The number of thioether (sulfide) groups is 1. The summed E-state index contributed by atoms with van der Waals surface area (Å²) in [7, 11) is 0. The molecule has 0 N–H and O–H groups in total. The molecule has 0 radical (unpaired) electrons. The molecule has 3 nitrogen and oxygen atoms in total. The fourth-order valence-electron chi connectivity index (χ4n) is 1.67. The minimum atomic E-state index is -5.07. The third kappa shape index (κ3) is 5.67. The van der Waals surface area contributed by atoms with E-state index < -0.39 is 51.9 Å². The van der Waals surface area contributed by atoms with E-state index in [2.05, 4.69) is 4.74 Å². The van der Waals surface area contributed by atoms with Crippen molar-refractivity contribution in [2.24, 2.45) is 0 Å². The van der Waals surface area contributed by atoms with Crippen LogP contribution in [0.3, 0.4) is 0 Å². The van der Waals surface area contributed by atoms with Crippen LogP contribution in [0.4, 0.5) is 26.3 Å². The second-order valence-corrected chi connectivity index (χ2v) is 5.25. The number of hydrogen-bond acceptors (Lipinski definition) is 4. The summed E-state index contributed by atoms with van der Waals surface area (Å²) in [4.78, 5) is 10.3. The largest absolute Gasteiger partial charge is 0.466 e. The van der Waals surface area contributed by atoms with Gasteiger partial charge in [0.05, 0.1) is 30.2 Å². The van der Waals surface area contributed by atoms with Crippen molar-refractivity contribution < 1.29 is 35.9 Å². The molecule has 0 saturated heterocycles. The average Bonchev–Trinajstić information content (AvgIpc) is 2.35. The van der Waals surface area contributed by atoms with Crippen molar-refractivity contribution in [3.05, 3.63) is 28.8 Å². The third-order valence-corrected chi connectivity index (χ3v) is 3.29. The van der Waals surface area contributed by atoms with Crippen molar-refractivity contribution in [1.29, 1.82) is 5.26 Å². The van der Waals surface area contributed by atoms with Crippen molar-refractivity contribution >= 4 is 17.7 Å². The van der Waals surface area contributed by atoms with Crippen LogP contribution in [0, 0.1) is 11.3 Å². The Morgan fingerprint density at radius 2 is 1.87 bits per heavy atom. The maximum Gasteiger partial charge on any atom is 0.446 e. The van der Waals surface area contributed by atoms with Gasteiger partial charge in [-0.1, -0.05) is 0 Å². The molecule has 0 aromatic heterocycles. The number of ether oxygens (including phenoxy) is 1. The zero-order valence-electron chi connectivity index (χ0n) is 11.5. The summed E-state index contributed by atoms with van der Waals surface area (Å²) in [6.45, 7) is 1.48. The number of halogens is 6. The van der Waals surface area contributed by atoms with Gasteiger partial charge in [0.15, 0.2) is 0 Å². The van der Waals surface area contributed by atoms with Crippen LogP contribution in [0.15, 0.2) is 17.0 Å². The first kappa shape index (κ1) is 19.2. The van der Waals surface area contributed by atoms with Gasteiger partial charge in [-0.15, -0.1) is 0 Å². The SMILES string of the molecule is CCOC(=O)Cc1cc(SC(F)(F)F)c(C(F)(F)F)cc1C#N. The van der Waals surface area contributed by atoms with Gasteiger partial charge in [-0.2, -0.15) is 31.6 Å². The van der Waals surface area contributed by atoms with Gasteiger partial charge in [0.25, 0.3) is 0 Å². The van der Waals surface area contributed by atoms with E-state index >= 15 is 0 Å². The number of hydrogen-bond donors (Lipinski definition) is 0. The number of benzene rings is 1. The smallest absolute Gasteiger partial charge is 0.446 e. The maximum absolute atomic E-state index is 12.9. The molecule has 126 valence electrons. The van der Waals surface area contributed by atoms with Gasteiger partial charge in [0.2, 0.25) is 0 Å². The molecule has 10 heteroatoms. The minimum absolute atomic E-state index is 0.00842. The quantitative estimate of drug-likeness (QED) is 0.458. The van der Waals surface area contributed by atoms with Gasteiger partial charge in [-0.05, 0) is 36.4 Å². The zero-order chi connectivity index (χ0) is 17.8. The maximum atomic E-state index is 12.9. The third-order valence-electron chi connectivity index (χ3n) is 2.50. The number of nitriles is 1. The molecule has 1 rings (SSSR count). The lowest BCUT2D eigenvalue weighted by molar-refractivity contribution is -0.142. The Morgan fingerprint density at radius 3 is 2.30 bits per heavy atom. The Hall–Kier alpha value is -1.89. The Kier molecular flexibility index (Phi) is 5.93. The number of nitrogens with zero attached hydrogens (tertiary/aromatic N) is 1. The fraction of sp³-hybridized carbons (Fsp3) is 0.385. The van der Waals surface area contributed by atoms with Gasteiger partial charge >= 0.3 is 17.7 Å². The molecule has 0 atom stereocenters. The summed E-state index contributed by atoms with van der Waals surface area (Å²) < 4.78 is 80.5. The summed E-state index contributed by atoms with van der Waals surface area (Å²) in [6.07, 6.45) is -5.66. The van der Waals surface area contributed by atoms with Crippen LogP contribution in [0.2, 0.25) is 0 Å². The lowest BCUT2D eigenvalue weighted by Crippen LogP contribution is -2.13. The Morgan fingerprint density at radius 1 is 1.26 bits per heavy atom. The Balaban J connectivity index is 3.40. The van der Waals surface area contributed by atoms with Crippen molar-refractivity contribution in [2.75, 3.05) is 6.61 Å². The number of carbonyl (C=O) groups is 1. The average molecular weight is 357 g/mol. The molecule has 1 aromatic carbocycles. The van der Waals surface area contributed by atoms with Gasteiger partial charge < -0.3 is 4.74 Å². The molecule has 0 spiro atoms. The Bertz CT molecular complexity index is 633. The summed E-state index contributed by atoms with van der Waals surface area (Å²) in [6, 6.07) is 2.31. The van der Waals surface area contributed by atoms with Gasteiger partial charge in [-0.3, -0.25) is 4.79 Å². The number of rotatable bonds is 4. The van der Waals surface area contributed by atoms with E-state index in [4.69, 9.17) is 5.26 Å². The molecule has 0 amide bonds. The standard InChI is InChI=1S/C13H9F6NO2S/c1-2-22-11(21)5-7-4-10(23-13(17,18)19)9(12(14,15)16)3-8(7)6-20/h3-4H,2,5H2,1H3. The highest BCUT2D eigenvalue weighted by molar-refractivity contribution is 8.00. The zero-order valence-corrected chi connectivity index (χ0v) is 12.3.